The van der Waals surface area contributed by atoms with Crippen molar-refractivity contribution >= 4 is 43.3 Å². The summed E-state index contributed by atoms with van der Waals surface area (Å²) in [6, 6.07) is 0. The molecule has 96 valence electrons. The maximum atomic E-state index is 5.37. The van der Waals surface area contributed by atoms with Gasteiger partial charge in [0.2, 0.25) is 0 Å². The molecule has 1 fully saturated rings. The fourth-order valence-electron chi connectivity index (χ4n) is 2.08. The molecule has 2 aromatic rings. The minimum atomic E-state index is 0.737. The smallest absolute Gasteiger partial charge is 0.181 e. The van der Waals surface area contributed by atoms with Gasteiger partial charge >= 0.3 is 0 Å². The van der Waals surface area contributed by atoms with Crippen molar-refractivity contribution in [1.82, 2.24) is 14.4 Å². The number of ether oxygens (including phenoxy) is 1. The van der Waals surface area contributed by atoms with Gasteiger partial charge in [0.05, 0.1) is 18.9 Å². The zero-order valence-corrected chi connectivity index (χ0v) is 13.0. The Morgan fingerprint density at radius 1 is 1.22 bits per heavy atom. The van der Waals surface area contributed by atoms with E-state index in [0.29, 0.717) is 0 Å². The van der Waals surface area contributed by atoms with E-state index < -0.39 is 0 Å². The van der Waals surface area contributed by atoms with E-state index in [1.165, 1.54) is 0 Å². The molecule has 0 N–H and O–H groups in total. The van der Waals surface area contributed by atoms with E-state index >= 15 is 0 Å². The molecular weight excluding hydrogens is 364 g/mol. The molecule has 5 nitrogen and oxygen atoms in total. The first-order valence-corrected chi connectivity index (χ1v) is 7.29. The number of halogens is 2. The van der Waals surface area contributed by atoms with Crippen LogP contribution in [0.15, 0.2) is 15.4 Å². The Bertz CT molecular complexity index is 592. The Balaban J connectivity index is 2.17. The lowest BCUT2D eigenvalue weighted by atomic mass is 10.4. The summed E-state index contributed by atoms with van der Waals surface area (Å²) in [7, 11) is 0. The minimum Gasteiger partial charge on any atom is -0.378 e. The zero-order valence-electron chi connectivity index (χ0n) is 9.86. The van der Waals surface area contributed by atoms with Crippen LogP contribution < -0.4 is 4.90 Å². The first kappa shape index (κ1) is 12.4. The molecule has 7 heteroatoms. The average Bonchev–Trinajstić information content (AvgIpc) is 2.66. The van der Waals surface area contributed by atoms with Crippen LogP contribution in [0.3, 0.4) is 0 Å². The van der Waals surface area contributed by atoms with Gasteiger partial charge in [-0.25, -0.2) is 9.97 Å². The molecule has 0 unspecified atom stereocenters. The van der Waals surface area contributed by atoms with Gasteiger partial charge in [-0.05, 0) is 38.8 Å². The quantitative estimate of drug-likeness (QED) is 0.767. The fraction of sp³-hybridized carbons (Fsp3) is 0.455. The molecule has 0 aromatic carbocycles. The highest BCUT2D eigenvalue weighted by Gasteiger charge is 2.19. The molecule has 2 aromatic heterocycles. The molecule has 3 rings (SSSR count). The van der Waals surface area contributed by atoms with Gasteiger partial charge in [-0.1, -0.05) is 0 Å². The molecule has 0 radical (unpaired) electrons. The van der Waals surface area contributed by atoms with E-state index in [1.807, 2.05) is 17.5 Å². The molecule has 1 aliphatic heterocycles. The van der Waals surface area contributed by atoms with Crippen LogP contribution in [0, 0.1) is 6.92 Å². The van der Waals surface area contributed by atoms with E-state index in [0.717, 1.165) is 52.7 Å². The topological polar surface area (TPSA) is 42.7 Å². The molecule has 0 spiro atoms. The maximum Gasteiger partial charge on any atom is 0.181 e. The third kappa shape index (κ3) is 2.04. The van der Waals surface area contributed by atoms with E-state index in [4.69, 9.17) is 4.74 Å². The second-order valence-electron chi connectivity index (χ2n) is 4.17. The van der Waals surface area contributed by atoms with Crippen molar-refractivity contribution in [3.05, 3.63) is 21.1 Å². The molecule has 1 aliphatic rings. The van der Waals surface area contributed by atoms with Gasteiger partial charge in [0, 0.05) is 19.3 Å². The van der Waals surface area contributed by atoms with Crippen LogP contribution in [0.25, 0.3) is 5.65 Å². The van der Waals surface area contributed by atoms with Gasteiger partial charge in [0.25, 0.3) is 0 Å². The monoisotopic (exact) mass is 374 g/mol. The number of anilines is 1. The lowest BCUT2D eigenvalue weighted by Gasteiger charge is -2.28. The number of rotatable bonds is 1. The van der Waals surface area contributed by atoms with E-state index in [1.54, 1.807) is 0 Å². The molecule has 3 heterocycles. The molecular formula is C11H12Br2N4O. The summed E-state index contributed by atoms with van der Waals surface area (Å²) < 4.78 is 9.15. The van der Waals surface area contributed by atoms with Crippen molar-refractivity contribution in [3.8, 4) is 0 Å². The van der Waals surface area contributed by atoms with Crippen molar-refractivity contribution in [3.63, 3.8) is 0 Å². The number of imidazole rings is 1. The van der Waals surface area contributed by atoms with Crippen molar-refractivity contribution in [2.24, 2.45) is 0 Å². The predicted molar refractivity (Wildman–Crippen MR) is 76.2 cm³/mol. The highest BCUT2D eigenvalue weighted by atomic mass is 79.9. The molecule has 1 saturated heterocycles. The normalized spacial score (nSPS) is 16.5. The zero-order chi connectivity index (χ0) is 12.7. The van der Waals surface area contributed by atoms with E-state index in [9.17, 15) is 0 Å². The summed E-state index contributed by atoms with van der Waals surface area (Å²) in [5.74, 6) is 0.904. The highest BCUT2D eigenvalue weighted by molar-refractivity contribution is 9.10. The summed E-state index contributed by atoms with van der Waals surface area (Å²) in [6.45, 7) is 5.15. The Morgan fingerprint density at radius 3 is 2.67 bits per heavy atom. The fourth-order valence-corrected chi connectivity index (χ4v) is 2.81. The third-order valence-electron chi connectivity index (χ3n) is 2.97. The Labute approximate surface area is 121 Å². The number of fused-ring (bicyclic) bond motifs is 1. The van der Waals surface area contributed by atoms with Crippen LogP contribution in [0.5, 0.6) is 0 Å². The Morgan fingerprint density at radius 2 is 1.94 bits per heavy atom. The highest BCUT2D eigenvalue weighted by Crippen LogP contribution is 2.27. The largest absolute Gasteiger partial charge is 0.378 e. The number of nitrogens with zero attached hydrogens (tertiary/aromatic N) is 4. The van der Waals surface area contributed by atoms with Gasteiger partial charge < -0.3 is 9.64 Å². The van der Waals surface area contributed by atoms with Gasteiger partial charge in [-0.15, -0.1) is 0 Å². The molecule has 0 aliphatic carbocycles. The van der Waals surface area contributed by atoms with Crippen LogP contribution in [0.2, 0.25) is 0 Å². The molecule has 0 saturated carbocycles. The summed E-state index contributed by atoms with van der Waals surface area (Å²) in [5, 5.41) is 0. The number of aromatic nitrogens is 3. The predicted octanol–water partition coefficient (Wildman–Crippen LogP) is 2.40. The average molecular weight is 376 g/mol. The van der Waals surface area contributed by atoms with Crippen LogP contribution in [0.1, 0.15) is 5.69 Å². The van der Waals surface area contributed by atoms with Gasteiger partial charge in [0.1, 0.15) is 9.21 Å². The van der Waals surface area contributed by atoms with Gasteiger partial charge in [-0.3, -0.25) is 4.40 Å². The lowest BCUT2D eigenvalue weighted by Crippen LogP contribution is -2.37. The molecule has 0 amide bonds. The first-order valence-electron chi connectivity index (χ1n) is 5.70. The van der Waals surface area contributed by atoms with Gasteiger partial charge in [0.15, 0.2) is 11.5 Å². The first-order chi connectivity index (χ1) is 8.66. The van der Waals surface area contributed by atoms with Crippen LogP contribution in [-0.4, -0.2) is 40.7 Å². The maximum absolute atomic E-state index is 5.37. The van der Waals surface area contributed by atoms with Crippen molar-refractivity contribution in [2.75, 3.05) is 31.2 Å². The van der Waals surface area contributed by atoms with Crippen molar-refractivity contribution in [1.29, 1.82) is 0 Å². The van der Waals surface area contributed by atoms with Crippen molar-refractivity contribution in [2.45, 2.75) is 6.92 Å². The van der Waals surface area contributed by atoms with Gasteiger partial charge in [-0.2, -0.15) is 0 Å². The number of hydrogen-bond acceptors (Lipinski definition) is 4. The van der Waals surface area contributed by atoms with Crippen molar-refractivity contribution < 1.29 is 4.74 Å². The van der Waals surface area contributed by atoms with Crippen LogP contribution in [0.4, 0.5) is 5.82 Å². The van der Waals surface area contributed by atoms with Crippen LogP contribution in [-0.2, 0) is 4.74 Å². The number of hydrogen-bond donors (Lipinski definition) is 0. The Hall–Kier alpha value is -0.660. The second-order valence-corrected chi connectivity index (χ2v) is 5.73. The molecule has 18 heavy (non-hydrogen) atoms. The summed E-state index contributed by atoms with van der Waals surface area (Å²) >= 11 is 7.01. The number of aryl methyl sites for hydroxylation is 1. The standard InChI is InChI=1S/C11H12Br2N4O/c1-7-9(13)17-6-8(12)15-10(11(17)14-7)16-2-4-18-5-3-16/h6H,2-5H2,1H3. The summed E-state index contributed by atoms with van der Waals surface area (Å²) in [5.41, 5.74) is 1.84. The molecule has 0 atom stereocenters. The SMILES string of the molecule is Cc1nc2c(N3CCOCC3)nc(Br)cn2c1Br. The summed E-state index contributed by atoms with van der Waals surface area (Å²) in [6.07, 6.45) is 1.92. The van der Waals surface area contributed by atoms with E-state index in [-0.39, 0.29) is 0 Å². The Kier molecular flexibility index (Phi) is 3.29. The summed E-state index contributed by atoms with van der Waals surface area (Å²) in [4.78, 5) is 11.4. The lowest BCUT2D eigenvalue weighted by molar-refractivity contribution is 0.122. The second kappa shape index (κ2) is 4.79. The molecule has 0 bridgehead atoms. The third-order valence-corrected chi connectivity index (χ3v) is 4.31. The van der Waals surface area contributed by atoms with E-state index in [2.05, 4.69) is 46.7 Å². The minimum absolute atomic E-state index is 0.737. The number of morpholine rings is 1. The van der Waals surface area contributed by atoms with Crippen LogP contribution >= 0.6 is 31.9 Å².